The van der Waals surface area contributed by atoms with Gasteiger partial charge in [-0.15, -0.1) is 0 Å². The van der Waals surface area contributed by atoms with Gasteiger partial charge in [-0.25, -0.2) is 9.37 Å². The van der Waals surface area contributed by atoms with Crippen molar-refractivity contribution in [1.29, 1.82) is 0 Å². The molecule has 0 bridgehead atoms. The predicted molar refractivity (Wildman–Crippen MR) is 111 cm³/mol. The summed E-state index contributed by atoms with van der Waals surface area (Å²) in [6.45, 7) is 2.59. The van der Waals surface area contributed by atoms with Crippen LogP contribution in [-0.4, -0.2) is 16.0 Å². The minimum absolute atomic E-state index is 0.165. The highest BCUT2D eigenvalue weighted by Gasteiger charge is 2.20. The Kier molecular flexibility index (Phi) is 4.21. The van der Waals surface area contributed by atoms with Gasteiger partial charge >= 0.3 is 0 Å². The molecule has 3 aromatic carbocycles. The number of halogens is 1. The van der Waals surface area contributed by atoms with Crippen LogP contribution in [0.3, 0.4) is 0 Å². The van der Waals surface area contributed by atoms with Gasteiger partial charge in [-0.3, -0.25) is 0 Å². The number of hydrogen-bond acceptors (Lipinski definition) is 2. The Bertz CT molecular complexity index is 1140. The zero-order chi connectivity index (χ0) is 19.1. The summed E-state index contributed by atoms with van der Waals surface area (Å²) in [5.41, 5.74) is 8.41. The number of aromatic amines is 1. The van der Waals surface area contributed by atoms with Crippen LogP contribution in [0.2, 0.25) is 0 Å². The lowest BCUT2D eigenvalue weighted by molar-refractivity contribution is 0.516. The molecular weight excluding hydrogens is 349 g/mol. The van der Waals surface area contributed by atoms with E-state index in [0.717, 1.165) is 40.6 Å². The molecule has 0 fully saturated rings. The van der Waals surface area contributed by atoms with Crippen molar-refractivity contribution in [2.75, 3.05) is 0 Å². The number of H-pyrrole nitrogens is 1. The zero-order valence-electron chi connectivity index (χ0n) is 15.8. The first-order valence-corrected chi connectivity index (χ1v) is 9.70. The number of nitrogens with zero attached hydrogens (tertiary/aromatic N) is 1. The van der Waals surface area contributed by atoms with Gasteiger partial charge in [0.25, 0.3) is 0 Å². The summed E-state index contributed by atoms with van der Waals surface area (Å²) in [6, 6.07) is 18.5. The first-order chi connectivity index (χ1) is 13.7. The van der Waals surface area contributed by atoms with Crippen LogP contribution in [0, 0.1) is 12.7 Å². The molecule has 0 amide bonds. The summed E-state index contributed by atoms with van der Waals surface area (Å²) in [4.78, 5) is 7.43. The predicted octanol–water partition coefficient (Wildman–Crippen LogP) is 4.93. The van der Waals surface area contributed by atoms with Crippen LogP contribution in [-0.2, 0) is 19.4 Å². The smallest absolute Gasteiger partial charge is 0.128 e. The van der Waals surface area contributed by atoms with E-state index in [9.17, 15) is 4.39 Å². The Balaban J connectivity index is 1.33. The normalized spacial score (nSPS) is 13.9. The van der Waals surface area contributed by atoms with E-state index in [0.29, 0.717) is 18.2 Å². The molecule has 0 atom stereocenters. The van der Waals surface area contributed by atoms with Gasteiger partial charge < -0.3 is 10.3 Å². The Labute approximate surface area is 163 Å². The van der Waals surface area contributed by atoms with Crippen LogP contribution in [0.4, 0.5) is 4.39 Å². The monoisotopic (exact) mass is 371 g/mol. The van der Waals surface area contributed by atoms with Gasteiger partial charge in [-0.05, 0) is 65.8 Å². The number of benzene rings is 3. The van der Waals surface area contributed by atoms with E-state index in [1.807, 2.05) is 25.1 Å². The van der Waals surface area contributed by atoms with E-state index in [2.05, 4.69) is 45.6 Å². The molecule has 4 heteroatoms. The fraction of sp³-hybridized carbons (Fsp3) is 0.208. The fourth-order valence-corrected chi connectivity index (χ4v) is 4.22. The Morgan fingerprint density at radius 3 is 2.61 bits per heavy atom. The van der Waals surface area contributed by atoms with Gasteiger partial charge in [-0.1, -0.05) is 36.4 Å². The molecule has 0 saturated heterocycles. The lowest BCUT2D eigenvalue weighted by Crippen LogP contribution is -2.29. The van der Waals surface area contributed by atoms with E-state index in [-0.39, 0.29) is 5.82 Å². The maximum atomic E-state index is 14.8. The van der Waals surface area contributed by atoms with E-state index < -0.39 is 0 Å². The Hall–Kier alpha value is -2.98. The molecular formula is C24H22FN3. The SMILES string of the molecule is Cc1cc2[nH]cnc2cc1-c1ccc(CNC2Cc3ccccc3C2)c(F)c1. The number of aromatic nitrogens is 2. The second-order valence-electron chi connectivity index (χ2n) is 7.65. The van der Waals surface area contributed by atoms with Crippen molar-refractivity contribution in [2.24, 2.45) is 0 Å². The maximum Gasteiger partial charge on any atom is 0.128 e. The topological polar surface area (TPSA) is 40.7 Å². The number of aryl methyl sites for hydroxylation is 1. The molecule has 1 heterocycles. The average molecular weight is 371 g/mol. The zero-order valence-corrected chi connectivity index (χ0v) is 15.8. The molecule has 0 radical (unpaired) electrons. The van der Waals surface area contributed by atoms with Crippen molar-refractivity contribution in [1.82, 2.24) is 15.3 Å². The number of hydrogen-bond donors (Lipinski definition) is 2. The third-order valence-electron chi connectivity index (χ3n) is 5.76. The molecule has 28 heavy (non-hydrogen) atoms. The molecule has 0 spiro atoms. The molecule has 0 unspecified atom stereocenters. The lowest BCUT2D eigenvalue weighted by atomic mass is 9.98. The average Bonchev–Trinajstić information content (AvgIpc) is 3.32. The fourth-order valence-electron chi connectivity index (χ4n) is 4.22. The van der Waals surface area contributed by atoms with Crippen LogP contribution in [0.1, 0.15) is 22.3 Å². The molecule has 140 valence electrons. The molecule has 0 saturated carbocycles. The highest BCUT2D eigenvalue weighted by Crippen LogP contribution is 2.29. The molecule has 2 N–H and O–H groups in total. The first-order valence-electron chi connectivity index (χ1n) is 9.70. The quantitative estimate of drug-likeness (QED) is 0.534. The number of rotatable bonds is 4. The van der Waals surface area contributed by atoms with Gasteiger partial charge in [0.2, 0.25) is 0 Å². The van der Waals surface area contributed by atoms with Gasteiger partial charge in [-0.2, -0.15) is 0 Å². The molecule has 0 aliphatic heterocycles. The number of imidazole rings is 1. The maximum absolute atomic E-state index is 14.8. The second kappa shape index (κ2) is 6.88. The number of fused-ring (bicyclic) bond motifs is 2. The summed E-state index contributed by atoms with van der Waals surface area (Å²) in [5, 5.41) is 3.52. The van der Waals surface area contributed by atoms with Crippen molar-refractivity contribution in [3.63, 3.8) is 0 Å². The summed E-state index contributed by atoms with van der Waals surface area (Å²) in [5.74, 6) is -0.165. The van der Waals surface area contributed by atoms with Crippen LogP contribution < -0.4 is 5.32 Å². The van der Waals surface area contributed by atoms with Crippen LogP contribution in [0.25, 0.3) is 22.2 Å². The highest BCUT2D eigenvalue weighted by atomic mass is 19.1. The third kappa shape index (κ3) is 3.10. The summed E-state index contributed by atoms with van der Waals surface area (Å²) in [6.07, 6.45) is 3.71. The first kappa shape index (κ1) is 17.1. The summed E-state index contributed by atoms with van der Waals surface area (Å²) in [7, 11) is 0. The molecule has 1 aliphatic carbocycles. The van der Waals surface area contributed by atoms with E-state index in [1.54, 1.807) is 12.4 Å². The van der Waals surface area contributed by atoms with Crippen molar-refractivity contribution < 1.29 is 4.39 Å². The van der Waals surface area contributed by atoms with Crippen LogP contribution in [0.15, 0.2) is 60.9 Å². The van der Waals surface area contributed by atoms with E-state index in [4.69, 9.17) is 0 Å². The van der Waals surface area contributed by atoms with Crippen molar-refractivity contribution in [2.45, 2.75) is 32.4 Å². The lowest BCUT2D eigenvalue weighted by Gasteiger charge is -2.14. The second-order valence-corrected chi connectivity index (χ2v) is 7.65. The van der Waals surface area contributed by atoms with Gasteiger partial charge in [0.05, 0.1) is 17.4 Å². The summed E-state index contributed by atoms with van der Waals surface area (Å²) >= 11 is 0. The van der Waals surface area contributed by atoms with Gasteiger partial charge in [0.1, 0.15) is 5.82 Å². The Morgan fingerprint density at radius 1 is 1.07 bits per heavy atom. The highest BCUT2D eigenvalue weighted by molar-refractivity contribution is 5.83. The van der Waals surface area contributed by atoms with Crippen molar-refractivity contribution >= 4 is 11.0 Å². The molecule has 3 nitrogen and oxygen atoms in total. The minimum atomic E-state index is -0.165. The van der Waals surface area contributed by atoms with Gasteiger partial charge in [0, 0.05) is 18.2 Å². The van der Waals surface area contributed by atoms with Gasteiger partial charge in [0.15, 0.2) is 0 Å². The summed E-state index contributed by atoms with van der Waals surface area (Å²) < 4.78 is 14.8. The Morgan fingerprint density at radius 2 is 1.86 bits per heavy atom. The largest absolute Gasteiger partial charge is 0.345 e. The molecule has 5 rings (SSSR count). The van der Waals surface area contributed by atoms with E-state index in [1.165, 1.54) is 11.1 Å². The van der Waals surface area contributed by atoms with Crippen molar-refractivity contribution in [3.8, 4) is 11.1 Å². The van der Waals surface area contributed by atoms with Crippen molar-refractivity contribution in [3.05, 3.63) is 89.0 Å². The van der Waals surface area contributed by atoms with Crippen LogP contribution in [0.5, 0.6) is 0 Å². The standard InChI is InChI=1S/C24H22FN3/c1-15-8-23-24(28-14-27-23)12-21(15)18-6-7-19(22(25)11-18)13-26-20-9-16-4-2-3-5-17(16)10-20/h2-8,11-12,14,20,26H,9-10,13H2,1H3,(H,27,28). The molecule has 4 aromatic rings. The van der Waals surface area contributed by atoms with E-state index >= 15 is 0 Å². The minimum Gasteiger partial charge on any atom is -0.345 e. The van der Waals surface area contributed by atoms with Crippen LogP contribution >= 0.6 is 0 Å². The molecule has 1 aliphatic rings. The molecule has 1 aromatic heterocycles. The number of nitrogens with one attached hydrogen (secondary N) is 2. The third-order valence-corrected chi connectivity index (χ3v) is 5.76.